The Kier molecular flexibility index (Phi) is 26.4. The summed E-state index contributed by atoms with van der Waals surface area (Å²) in [7, 11) is 0. The highest BCUT2D eigenvalue weighted by molar-refractivity contribution is 8.56. The summed E-state index contributed by atoms with van der Waals surface area (Å²) in [6, 6.07) is 0. The van der Waals surface area contributed by atoms with Crippen molar-refractivity contribution in [3.8, 4) is 0 Å². The fourth-order valence-electron chi connectivity index (χ4n) is 3.45. The third-order valence-electron chi connectivity index (χ3n) is 4.89. The quantitative estimate of drug-likeness (QED) is 0.0493. The van der Waals surface area contributed by atoms with Gasteiger partial charge >= 0.3 is 33.2 Å². The molecule has 0 saturated heterocycles. The minimum atomic E-state index is -4.03. The molecule has 0 saturated carbocycles. The summed E-state index contributed by atoms with van der Waals surface area (Å²) in [4.78, 5) is 11.8. The summed E-state index contributed by atoms with van der Waals surface area (Å²) < 4.78 is 106. The summed E-state index contributed by atoms with van der Waals surface area (Å²) in [6.07, 6.45) is -4.14. The largest absolute Gasteiger partial charge is 0.466 e. The average molecular weight is 887 g/mol. The van der Waals surface area contributed by atoms with Gasteiger partial charge in [0.25, 0.3) is 0 Å². The molecule has 0 spiro atoms. The molecule has 22 heteroatoms. The first-order valence-corrected chi connectivity index (χ1v) is 29.5. The zero-order chi connectivity index (χ0) is 39.6. The van der Waals surface area contributed by atoms with Gasteiger partial charge in [-0.15, -0.1) is 0 Å². The van der Waals surface area contributed by atoms with Gasteiger partial charge in [-0.3, -0.25) is 41.0 Å². The van der Waals surface area contributed by atoms with Crippen LogP contribution in [-0.4, -0.2) is 84.4 Å². The van der Waals surface area contributed by atoms with E-state index in [2.05, 4.69) is 0 Å². The first-order valence-electron chi connectivity index (χ1n) is 16.9. The fraction of sp³-hybridized carbons (Fsp3) is 0.966. The van der Waals surface area contributed by atoms with Gasteiger partial charge < -0.3 is 4.74 Å². The van der Waals surface area contributed by atoms with Crippen LogP contribution in [0.1, 0.15) is 103 Å². The van der Waals surface area contributed by atoms with Crippen LogP contribution in [0.3, 0.4) is 0 Å². The molecule has 0 aliphatic carbocycles. The molecule has 0 aromatic carbocycles. The van der Waals surface area contributed by atoms with Gasteiger partial charge in [-0.2, -0.15) is 0 Å². The maximum atomic E-state index is 14.4. The topological polar surface area (TPSA) is 168 Å². The van der Waals surface area contributed by atoms with E-state index in [1.54, 1.807) is 96.9 Å². The lowest BCUT2D eigenvalue weighted by atomic mass is 10.5. The van der Waals surface area contributed by atoms with Gasteiger partial charge in [0, 0.05) is 23.0 Å². The summed E-state index contributed by atoms with van der Waals surface area (Å²) >= 11 is 3.60. The highest BCUT2D eigenvalue weighted by Gasteiger charge is 2.38. The van der Waals surface area contributed by atoms with Crippen LogP contribution in [0.25, 0.3) is 0 Å². The van der Waals surface area contributed by atoms with Crippen LogP contribution >= 0.6 is 72.7 Å². The van der Waals surface area contributed by atoms with Gasteiger partial charge in [-0.25, -0.2) is 18.3 Å². The zero-order valence-electron chi connectivity index (χ0n) is 32.5. The minimum Gasteiger partial charge on any atom is -0.466 e. The number of hydrogen-bond donors (Lipinski definition) is 0. The van der Waals surface area contributed by atoms with E-state index in [-0.39, 0.29) is 60.5 Å². The van der Waals surface area contributed by atoms with Crippen molar-refractivity contribution in [2.24, 2.45) is 0 Å². The normalized spacial score (nSPS) is 17.2. The molecule has 4 unspecified atom stereocenters. The fourth-order valence-corrected chi connectivity index (χ4v) is 20.3. The van der Waals surface area contributed by atoms with Crippen molar-refractivity contribution in [1.29, 1.82) is 0 Å². The lowest BCUT2D eigenvalue weighted by Gasteiger charge is -2.28. The van der Waals surface area contributed by atoms with Gasteiger partial charge in [0.05, 0.1) is 61.9 Å². The van der Waals surface area contributed by atoms with E-state index in [9.17, 15) is 23.1 Å². The molecule has 0 aliphatic rings. The molecule has 0 aromatic rings. The Bertz CT molecular complexity index is 1110. The van der Waals surface area contributed by atoms with E-state index in [0.29, 0.717) is 0 Å². The predicted octanol–water partition coefficient (Wildman–Crippen LogP) is 11.6. The molecule has 0 aromatic heterocycles. The predicted molar refractivity (Wildman–Crippen MR) is 214 cm³/mol. The van der Waals surface area contributed by atoms with Crippen molar-refractivity contribution < 1.29 is 64.0 Å². The van der Waals surface area contributed by atoms with E-state index in [1.807, 2.05) is 0 Å². The molecule has 306 valence electrons. The molecule has 0 N–H and O–H groups in total. The SMILES string of the molecule is CCOC(=O)CCSP(=O)(OC(C)C)OC(C)CSP(=O)(OC(C)CSP(=O)(OC(C)C)OC(C)C)OC(C)CSP(=O)(OC(C)C)OC(C)C. The second-order valence-corrected chi connectivity index (χ2v) is 28.8. The van der Waals surface area contributed by atoms with Crippen molar-refractivity contribution in [2.75, 3.05) is 29.6 Å². The van der Waals surface area contributed by atoms with E-state index >= 15 is 0 Å². The third-order valence-corrected chi connectivity index (χ3v) is 21.4. The molecule has 0 rings (SSSR count). The maximum absolute atomic E-state index is 14.4. The molecular formula is C29H62O14P4S4. The molecule has 14 nitrogen and oxygen atoms in total. The molecule has 4 atom stereocenters. The van der Waals surface area contributed by atoms with Crippen LogP contribution in [0.15, 0.2) is 0 Å². The molecule has 51 heavy (non-hydrogen) atoms. The summed E-state index contributed by atoms with van der Waals surface area (Å²) in [5.74, 6) is -0.0851. The van der Waals surface area contributed by atoms with Gasteiger partial charge in [-0.1, -0.05) is 0 Å². The van der Waals surface area contributed by atoms with Crippen molar-refractivity contribution in [3.63, 3.8) is 0 Å². The number of rotatable bonds is 30. The molecule has 0 aliphatic heterocycles. The van der Waals surface area contributed by atoms with Gasteiger partial charge in [0.15, 0.2) is 0 Å². The number of esters is 1. The molecule has 0 fully saturated rings. The monoisotopic (exact) mass is 886 g/mol. The lowest BCUT2D eigenvalue weighted by molar-refractivity contribution is -0.142. The summed E-state index contributed by atoms with van der Waals surface area (Å²) in [6.45, 7) is 9.39. The van der Waals surface area contributed by atoms with Crippen molar-refractivity contribution in [1.82, 2.24) is 0 Å². The van der Waals surface area contributed by atoms with Crippen LogP contribution in [0.5, 0.6) is 0 Å². The highest BCUT2D eigenvalue weighted by Crippen LogP contribution is 2.68. The van der Waals surface area contributed by atoms with E-state index in [0.717, 1.165) is 45.5 Å². The zero-order valence-corrected chi connectivity index (χ0v) is 39.3. The smallest absolute Gasteiger partial charge is 0.389 e. The Morgan fingerprint density at radius 1 is 0.451 bits per heavy atom. The first kappa shape index (κ1) is 52.5. The van der Waals surface area contributed by atoms with Gasteiger partial charge in [-0.05, 0) is 142 Å². The van der Waals surface area contributed by atoms with Crippen molar-refractivity contribution in [3.05, 3.63) is 0 Å². The second kappa shape index (κ2) is 25.7. The lowest BCUT2D eigenvalue weighted by Crippen LogP contribution is -2.17. The molecule has 0 radical (unpaired) electrons. The first-order chi connectivity index (χ1) is 23.3. The highest BCUT2D eigenvalue weighted by atomic mass is 32.7. The van der Waals surface area contributed by atoms with Gasteiger partial charge in [0.1, 0.15) is 0 Å². The van der Waals surface area contributed by atoms with Crippen molar-refractivity contribution in [2.45, 2.75) is 152 Å². The van der Waals surface area contributed by atoms with Crippen LogP contribution in [0, 0.1) is 0 Å². The van der Waals surface area contributed by atoms with Crippen LogP contribution in [0.4, 0.5) is 0 Å². The number of carbonyl (C=O) groups excluding carboxylic acids is 1. The number of hydrogen-bond acceptors (Lipinski definition) is 18. The number of ether oxygens (including phenoxy) is 1. The Morgan fingerprint density at radius 3 is 0.961 bits per heavy atom. The van der Waals surface area contributed by atoms with Crippen LogP contribution in [0.2, 0.25) is 0 Å². The minimum absolute atomic E-state index is 0.0116. The second-order valence-electron chi connectivity index (χ2n) is 12.6. The van der Waals surface area contributed by atoms with E-state index < -0.39 is 57.6 Å². The Balaban J connectivity index is 6.00. The average Bonchev–Trinajstić information content (AvgIpc) is 2.92. The van der Waals surface area contributed by atoms with Crippen LogP contribution in [-0.2, 0) is 64.0 Å². The van der Waals surface area contributed by atoms with Gasteiger partial charge in [0.2, 0.25) is 0 Å². The number of carbonyl (C=O) groups is 1. The molecule has 0 heterocycles. The summed E-state index contributed by atoms with van der Waals surface area (Å²) in [5.41, 5.74) is 0. The molecule has 0 bridgehead atoms. The Morgan fingerprint density at radius 2 is 0.706 bits per heavy atom. The maximum Gasteiger partial charge on any atom is 0.389 e. The molecule has 0 amide bonds. The van der Waals surface area contributed by atoms with Crippen LogP contribution < -0.4 is 0 Å². The van der Waals surface area contributed by atoms with E-state index in [4.69, 9.17) is 40.9 Å². The Hall–Kier alpha value is 1.47. The molecular weight excluding hydrogens is 824 g/mol. The Labute approximate surface area is 322 Å². The third kappa shape index (κ3) is 26.1. The van der Waals surface area contributed by atoms with E-state index in [1.165, 1.54) is 0 Å². The standard InChI is InChI=1S/C29H62O14P4S4/c1-15-35-29(30)16-17-48-46(33,40-25(10)11)41-26(12)20-51-47(34,42-27(13)18-49-44(31,36-21(2)3)37-22(4)5)43-28(14)19-50-45(32,38-23(6)7)39-24(8)9/h21-28H,15-20H2,1-14H3. The van der Waals surface area contributed by atoms with Crippen molar-refractivity contribution >= 4 is 78.7 Å². The summed E-state index contributed by atoms with van der Waals surface area (Å²) in [5, 5.41) is 0.